The highest BCUT2D eigenvalue weighted by atomic mass is 35.5. The van der Waals surface area contributed by atoms with Gasteiger partial charge in [-0.2, -0.15) is 0 Å². The molecular formula is C26H26ClN3O. The van der Waals surface area contributed by atoms with Gasteiger partial charge in [-0.25, -0.2) is 4.98 Å². The molecule has 2 aromatic heterocycles. The van der Waals surface area contributed by atoms with Crippen molar-refractivity contribution in [1.29, 1.82) is 0 Å². The highest BCUT2D eigenvalue weighted by molar-refractivity contribution is 6.30. The van der Waals surface area contributed by atoms with E-state index in [1.165, 1.54) is 16.7 Å². The van der Waals surface area contributed by atoms with Gasteiger partial charge in [-0.1, -0.05) is 80.4 Å². The average molecular weight is 432 g/mol. The minimum Gasteiger partial charge on any atom is -0.347 e. The average Bonchev–Trinajstić information content (AvgIpc) is 3.16. The number of fused-ring (bicyclic) bond motifs is 1. The molecule has 0 aliphatic rings. The molecule has 0 fully saturated rings. The van der Waals surface area contributed by atoms with Crippen molar-refractivity contribution >= 4 is 23.2 Å². The van der Waals surface area contributed by atoms with Crippen molar-refractivity contribution in [3.63, 3.8) is 0 Å². The summed E-state index contributed by atoms with van der Waals surface area (Å²) in [4.78, 5) is 17.5. The smallest absolute Gasteiger partial charge is 0.270 e. The molecular weight excluding hydrogens is 406 g/mol. The van der Waals surface area contributed by atoms with Crippen molar-refractivity contribution in [3.8, 4) is 11.1 Å². The summed E-state index contributed by atoms with van der Waals surface area (Å²) in [5.74, 6) is -0.136. The first kappa shape index (κ1) is 21.1. The zero-order valence-corrected chi connectivity index (χ0v) is 18.6. The number of hydrogen-bond acceptors (Lipinski definition) is 2. The van der Waals surface area contributed by atoms with Crippen LogP contribution in [0.2, 0.25) is 5.02 Å². The van der Waals surface area contributed by atoms with E-state index in [0.29, 0.717) is 29.3 Å². The molecule has 1 amide bonds. The molecule has 4 nitrogen and oxygen atoms in total. The molecule has 0 radical (unpaired) electrons. The number of carbonyl (C=O) groups is 1. The molecule has 0 bridgehead atoms. The standard InChI is InChI=1S/C26H26ClN3O/c1-3-6-18-7-5-8-21(15-18)20-11-9-19(10-12-20)17-28-26(31)25-23(4-2)29-24-16-22(27)13-14-30(24)25/h5,7-16H,3-4,6,17H2,1-2H3,(H,28,31). The third-order valence-corrected chi connectivity index (χ3v) is 5.65. The maximum Gasteiger partial charge on any atom is 0.270 e. The summed E-state index contributed by atoms with van der Waals surface area (Å²) < 4.78 is 1.80. The van der Waals surface area contributed by atoms with Gasteiger partial charge in [0.1, 0.15) is 11.3 Å². The Kier molecular flexibility index (Phi) is 6.38. The fourth-order valence-electron chi connectivity index (χ4n) is 3.83. The Morgan fingerprint density at radius 1 is 1.00 bits per heavy atom. The fourth-order valence-corrected chi connectivity index (χ4v) is 3.99. The van der Waals surface area contributed by atoms with Crippen molar-refractivity contribution in [2.75, 3.05) is 0 Å². The van der Waals surface area contributed by atoms with Crippen LogP contribution in [-0.4, -0.2) is 15.3 Å². The number of nitrogens with zero attached hydrogens (tertiary/aromatic N) is 2. The lowest BCUT2D eigenvalue weighted by atomic mass is 10.00. The number of halogens is 1. The quantitative estimate of drug-likeness (QED) is 0.384. The van der Waals surface area contributed by atoms with Crippen molar-refractivity contribution in [2.24, 2.45) is 0 Å². The second-order valence-corrected chi connectivity index (χ2v) is 8.10. The summed E-state index contributed by atoms with van der Waals surface area (Å²) in [6.07, 6.45) is 4.70. The zero-order chi connectivity index (χ0) is 21.8. The Morgan fingerprint density at radius 2 is 1.81 bits per heavy atom. The van der Waals surface area contributed by atoms with E-state index in [4.69, 9.17) is 11.6 Å². The van der Waals surface area contributed by atoms with Gasteiger partial charge >= 0.3 is 0 Å². The Balaban J connectivity index is 1.48. The number of benzene rings is 2. The van der Waals surface area contributed by atoms with Gasteiger partial charge in [0.15, 0.2) is 0 Å². The molecule has 0 atom stereocenters. The molecule has 0 unspecified atom stereocenters. The van der Waals surface area contributed by atoms with Crippen LogP contribution in [0.1, 0.15) is 47.6 Å². The maximum absolute atomic E-state index is 12.9. The fraction of sp³-hybridized carbons (Fsp3) is 0.231. The summed E-state index contributed by atoms with van der Waals surface area (Å²) in [6, 6.07) is 20.6. The van der Waals surface area contributed by atoms with Crippen LogP contribution >= 0.6 is 11.6 Å². The molecule has 1 N–H and O–H groups in total. The SMILES string of the molecule is CCCc1cccc(-c2ccc(CNC(=O)c3c(CC)nc4cc(Cl)ccn34)cc2)c1. The number of aromatic nitrogens is 2. The topological polar surface area (TPSA) is 46.4 Å². The van der Waals surface area contributed by atoms with Crippen molar-refractivity contribution in [3.05, 3.63) is 94.4 Å². The predicted molar refractivity (Wildman–Crippen MR) is 127 cm³/mol. The van der Waals surface area contributed by atoms with Crippen LogP contribution in [0.5, 0.6) is 0 Å². The lowest BCUT2D eigenvalue weighted by molar-refractivity contribution is 0.0944. The van der Waals surface area contributed by atoms with Crippen LogP contribution in [0.25, 0.3) is 16.8 Å². The van der Waals surface area contributed by atoms with Gasteiger partial charge in [-0.05, 0) is 41.2 Å². The molecule has 0 aliphatic heterocycles. The highest BCUT2D eigenvalue weighted by Crippen LogP contribution is 2.22. The number of aryl methyl sites for hydroxylation is 2. The largest absolute Gasteiger partial charge is 0.347 e. The van der Waals surface area contributed by atoms with E-state index < -0.39 is 0 Å². The van der Waals surface area contributed by atoms with Crippen molar-refractivity contribution < 1.29 is 4.79 Å². The molecule has 0 saturated heterocycles. The number of nitrogens with one attached hydrogen (secondary N) is 1. The van der Waals surface area contributed by atoms with Gasteiger partial charge in [-0.3, -0.25) is 9.20 Å². The lowest BCUT2D eigenvalue weighted by Crippen LogP contribution is -2.25. The second-order valence-electron chi connectivity index (χ2n) is 7.66. The second kappa shape index (κ2) is 9.36. The van der Waals surface area contributed by atoms with Gasteiger partial charge in [-0.15, -0.1) is 0 Å². The molecule has 5 heteroatoms. The molecule has 0 spiro atoms. The Bertz CT molecular complexity index is 1210. The minimum atomic E-state index is -0.136. The number of hydrogen-bond donors (Lipinski definition) is 1. The third kappa shape index (κ3) is 4.64. The summed E-state index contributed by atoms with van der Waals surface area (Å²) >= 11 is 6.07. The van der Waals surface area contributed by atoms with Gasteiger partial charge in [0.25, 0.3) is 5.91 Å². The van der Waals surface area contributed by atoms with Gasteiger partial charge in [0.05, 0.1) is 5.69 Å². The van der Waals surface area contributed by atoms with E-state index in [1.54, 1.807) is 22.7 Å². The third-order valence-electron chi connectivity index (χ3n) is 5.42. The molecule has 2 heterocycles. The van der Waals surface area contributed by atoms with Crippen LogP contribution < -0.4 is 5.32 Å². The predicted octanol–water partition coefficient (Wildman–Crippen LogP) is 6.10. The molecule has 31 heavy (non-hydrogen) atoms. The van der Waals surface area contributed by atoms with Gasteiger partial charge in [0.2, 0.25) is 0 Å². The van der Waals surface area contributed by atoms with Crippen LogP contribution in [0.3, 0.4) is 0 Å². The Labute approximate surface area is 187 Å². The van der Waals surface area contributed by atoms with Gasteiger partial charge < -0.3 is 5.32 Å². The van der Waals surface area contributed by atoms with E-state index in [2.05, 4.69) is 65.8 Å². The van der Waals surface area contributed by atoms with E-state index >= 15 is 0 Å². The Morgan fingerprint density at radius 3 is 2.55 bits per heavy atom. The highest BCUT2D eigenvalue weighted by Gasteiger charge is 2.18. The molecule has 4 rings (SSSR count). The molecule has 4 aromatic rings. The summed E-state index contributed by atoms with van der Waals surface area (Å²) in [5, 5.41) is 3.64. The molecule has 158 valence electrons. The van der Waals surface area contributed by atoms with Crippen molar-refractivity contribution in [1.82, 2.24) is 14.7 Å². The van der Waals surface area contributed by atoms with Crippen LogP contribution in [-0.2, 0) is 19.4 Å². The van der Waals surface area contributed by atoms with Crippen LogP contribution in [0.15, 0.2) is 66.9 Å². The van der Waals surface area contributed by atoms with E-state index in [1.807, 2.05) is 6.92 Å². The zero-order valence-electron chi connectivity index (χ0n) is 17.9. The normalized spacial score (nSPS) is 11.1. The molecule has 0 aliphatic carbocycles. The minimum absolute atomic E-state index is 0.136. The first-order valence-electron chi connectivity index (χ1n) is 10.7. The summed E-state index contributed by atoms with van der Waals surface area (Å²) in [6.45, 7) is 4.65. The van der Waals surface area contributed by atoms with Crippen LogP contribution in [0.4, 0.5) is 0 Å². The van der Waals surface area contributed by atoms with E-state index in [-0.39, 0.29) is 5.91 Å². The van der Waals surface area contributed by atoms with E-state index in [0.717, 1.165) is 24.1 Å². The number of pyridine rings is 1. The van der Waals surface area contributed by atoms with E-state index in [9.17, 15) is 4.79 Å². The maximum atomic E-state index is 12.9. The molecule has 2 aromatic carbocycles. The first-order chi connectivity index (χ1) is 15.1. The van der Waals surface area contributed by atoms with Crippen LogP contribution in [0, 0.1) is 0 Å². The summed E-state index contributed by atoms with van der Waals surface area (Å²) in [7, 11) is 0. The number of amides is 1. The number of imidazole rings is 1. The molecule has 0 saturated carbocycles. The number of rotatable bonds is 7. The summed E-state index contributed by atoms with van der Waals surface area (Å²) in [5.41, 5.74) is 6.83. The monoisotopic (exact) mass is 431 g/mol. The first-order valence-corrected chi connectivity index (χ1v) is 11.1. The lowest BCUT2D eigenvalue weighted by Gasteiger charge is -2.09. The van der Waals surface area contributed by atoms with Crippen molar-refractivity contribution in [2.45, 2.75) is 39.7 Å². The number of carbonyl (C=O) groups excluding carboxylic acids is 1. The Hall–Kier alpha value is -3.11. The van der Waals surface area contributed by atoms with Gasteiger partial charge in [0, 0.05) is 23.8 Å².